The number of likely N-dealkylation sites (N-methyl/N-ethyl adjacent to an activating group) is 1. The molecular weight excluding hydrogens is 492 g/mol. The highest BCUT2D eigenvalue weighted by Crippen LogP contribution is 2.25. The van der Waals surface area contributed by atoms with Gasteiger partial charge in [-0.05, 0) is 43.4 Å². The van der Waals surface area contributed by atoms with Crippen LogP contribution in [0.15, 0.2) is 54.9 Å². The Kier molecular flexibility index (Phi) is 7.10. The summed E-state index contributed by atoms with van der Waals surface area (Å²) in [4.78, 5) is 34.7. The Bertz CT molecular complexity index is 1350. The Labute approximate surface area is 208 Å². The number of halogens is 1. The van der Waals surface area contributed by atoms with Crippen LogP contribution in [0.3, 0.4) is 0 Å². The first-order valence-corrected chi connectivity index (χ1v) is 13.1. The van der Waals surface area contributed by atoms with Crippen LogP contribution in [-0.4, -0.2) is 79.1 Å². The molecule has 1 aliphatic heterocycles. The van der Waals surface area contributed by atoms with Crippen LogP contribution in [0.25, 0.3) is 5.82 Å². The molecule has 12 heteroatoms. The van der Waals surface area contributed by atoms with Gasteiger partial charge >= 0.3 is 0 Å². The molecule has 0 unspecified atom stereocenters. The number of rotatable bonds is 6. The van der Waals surface area contributed by atoms with Gasteiger partial charge in [0.25, 0.3) is 11.8 Å². The number of pyridine rings is 1. The number of nitrogens with one attached hydrogen (secondary N) is 2. The van der Waals surface area contributed by atoms with Gasteiger partial charge in [-0.25, -0.2) is 13.4 Å². The SMILES string of the molecule is CN1CCN(C(=O)c2cc(C(=O)Nc3cc(Cl)cc(NS(C)(=O)=O)c3)cn2-c2ccccn2)CC1. The van der Waals surface area contributed by atoms with E-state index >= 15 is 0 Å². The fourth-order valence-electron chi connectivity index (χ4n) is 3.75. The van der Waals surface area contributed by atoms with Gasteiger partial charge in [-0.1, -0.05) is 17.7 Å². The van der Waals surface area contributed by atoms with Gasteiger partial charge in [-0.2, -0.15) is 0 Å². The monoisotopic (exact) mass is 516 g/mol. The van der Waals surface area contributed by atoms with Crippen molar-refractivity contribution in [2.75, 3.05) is 49.5 Å². The van der Waals surface area contributed by atoms with Crippen molar-refractivity contribution in [3.8, 4) is 5.82 Å². The van der Waals surface area contributed by atoms with Crippen molar-refractivity contribution in [2.24, 2.45) is 0 Å². The summed E-state index contributed by atoms with van der Waals surface area (Å²) in [5.41, 5.74) is 1.08. The highest BCUT2D eigenvalue weighted by Gasteiger charge is 2.25. The molecule has 0 aliphatic carbocycles. The maximum Gasteiger partial charge on any atom is 0.270 e. The third-order valence-electron chi connectivity index (χ3n) is 5.45. The molecule has 2 N–H and O–H groups in total. The molecule has 1 fully saturated rings. The lowest BCUT2D eigenvalue weighted by molar-refractivity contribution is 0.0656. The van der Waals surface area contributed by atoms with E-state index in [9.17, 15) is 18.0 Å². The van der Waals surface area contributed by atoms with Crippen molar-refractivity contribution < 1.29 is 18.0 Å². The van der Waals surface area contributed by atoms with Gasteiger partial charge < -0.3 is 15.1 Å². The van der Waals surface area contributed by atoms with Gasteiger partial charge in [0.05, 0.1) is 17.5 Å². The van der Waals surface area contributed by atoms with Crippen molar-refractivity contribution in [1.29, 1.82) is 0 Å². The minimum Gasteiger partial charge on any atom is -0.335 e. The zero-order valence-electron chi connectivity index (χ0n) is 19.2. The van der Waals surface area contributed by atoms with E-state index in [4.69, 9.17) is 11.6 Å². The number of anilines is 2. The van der Waals surface area contributed by atoms with Crippen LogP contribution in [0.4, 0.5) is 11.4 Å². The van der Waals surface area contributed by atoms with Gasteiger partial charge in [-0.3, -0.25) is 18.9 Å². The number of carbonyl (C=O) groups is 2. The fourth-order valence-corrected chi connectivity index (χ4v) is 4.53. The molecule has 0 bridgehead atoms. The van der Waals surface area contributed by atoms with Gasteiger partial charge in [0, 0.05) is 49.3 Å². The van der Waals surface area contributed by atoms with Crippen molar-refractivity contribution in [2.45, 2.75) is 0 Å². The first-order chi connectivity index (χ1) is 16.6. The molecule has 10 nitrogen and oxygen atoms in total. The summed E-state index contributed by atoms with van der Waals surface area (Å²) in [7, 11) is -1.52. The predicted molar refractivity (Wildman–Crippen MR) is 135 cm³/mol. The van der Waals surface area contributed by atoms with E-state index in [0.29, 0.717) is 30.3 Å². The van der Waals surface area contributed by atoms with Gasteiger partial charge in [0.2, 0.25) is 10.0 Å². The number of hydrogen-bond acceptors (Lipinski definition) is 6. The lowest BCUT2D eigenvalue weighted by Crippen LogP contribution is -2.47. The fraction of sp³-hybridized carbons (Fsp3) is 0.261. The molecular formula is C23H25ClN6O4S. The van der Waals surface area contributed by atoms with Crippen LogP contribution >= 0.6 is 11.6 Å². The number of aromatic nitrogens is 2. The Morgan fingerprint density at radius 3 is 2.40 bits per heavy atom. The molecule has 0 saturated carbocycles. The number of sulfonamides is 1. The van der Waals surface area contributed by atoms with Crippen LogP contribution < -0.4 is 10.0 Å². The number of carbonyl (C=O) groups excluding carboxylic acids is 2. The normalized spacial score (nSPS) is 14.5. The molecule has 2 aromatic heterocycles. The van der Waals surface area contributed by atoms with Crippen molar-refractivity contribution in [1.82, 2.24) is 19.4 Å². The third kappa shape index (κ3) is 6.18. The maximum absolute atomic E-state index is 13.4. The van der Waals surface area contributed by atoms with E-state index in [1.54, 1.807) is 40.1 Å². The maximum atomic E-state index is 13.4. The van der Waals surface area contributed by atoms with Crippen LogP contribution in [0.2, 0.25) is 5.02 Å². The Balaban J connectivity index is 1.64. The third-order valence-corrected chi connectivity index (χ3v) is 6.27. The van der Waals surface area contributed by atoms with E-state index < -0.39 is 15.9 Å². The summed E-state index contributed by atoms with van der Waals surface area (Å²) in [6.45, 7) is 2.70. The Hall–Kier alpha value is -3.41. The van der Waals surface area contributed by atoms with Gasteiger partial charge in [0.15, 0.2) is 0 Å². The smallest absolute Gasteiger partial charge is 0.270 e. The van der Waals surface area contributed by atoms with E-state index in [1.807, 2.05) is 7.05 Å². The predicted octanol–water partition coefficient (Wildman–Crippen LogP) is 2.54. The number of amides is 2. The van der Waals surface area contributed by atoms with E-state index in [2.05, 4.69) is 19.9 Å². The van der Waals surface area contributed by atoms with Crippen molar-refractivity contribution in [3.05, 3.63) is 71.1 Å². The molecule has 35 heavy (non-hydrogen) atoms. The van der Waals surface area contributed by atoms with Gasteiger partial charge in [0.1, 0.15) is 11.5 Å². The molecule has 1 aromatic carbocycles. The largest absolute Gasteiger partial charge is 0.335 e. The van der Waals surface area contributed by atoms with E-state index in [-0.39, 0.29) is 22.2 Å². The highest BCUT2D eigenvalue weighted by molar-refractivity contribution is 7.92. The molecule has 0 spiro atoms. The summed E-state index contributed by atoms with van der Waals surface area (Å²) < 4.78 is 27.1. The topological polar surface area (TPSA) is 117 Å². The summed E-state index contributed by atoms with van der Waals surface area (Å²) in [6.07, 6.45) is 4.19. The average Bonchev–Trinajstić information content (AvgIpc) is 3.24. The Morgan fingerprint density at radius 2 is 1.74 bits per heavy atom. The average molecular weight is 517 g/mol. The standard InChI is InChI=1S/C23H25ClN6O4S/c1-28-7-9-29(10-8-28)23(32)20-11-16(15-30(20)21-5-3-4-6-25-21)22(31)26-18-12-17(24)13-19(14-18)27-35(2,33)34/h3-6,11-15,27H,7-10H2,1-2H3,(H,26,31). The second-order valence-corrected chi connectivity index (χ2v) is 10.5. The molecule has 0 atom stereocenters. The highest BCUT2D eigenvalue weighted by atomic mass is 35.5. The number of nitrogens with zero attached hydrogens (tertiary/aromatic N) is 4. The molecule has 0 radical (unpaired) electrons. The lowest BCUT2D eigenvalue weighted by Gasteiger charge is -2.32. The summed E-state index contributed by atoms with van der Waals surface area (Å²) in [5, 5.41) is 2.96. The number of benzene rings is 1. The molecule has 4 rings (SSSR count). The lowest BCUT2D eigenvalue weighted by atomic mass is 10.2. The second kappa shape index (κ2) is 10.1. The molecule has 2 amide bonds. The number of piperazine rings is 1. The molecule has 184 valence electrons. The van der Waals surface area contributed by atoms with Crippen LogP contribution in [0.1, 0.15) is 20.8 Å². The quantitative estimate of drug-likeness (QED) is 0.520. The minimum atomic E-state index is -3.52. The molecule has 1 aliphatic rings. The summed E-state index contributed by atoms with van der Waals surface area (Å²) in [6, 6.07) is 11.2. The molecule has 3 heterocycles. The molecule has 1 saturated heterocycles. The molecule has 3 aromatic rings. The first kappa shape index (κ1) is 24.7. The van der Waals surface area contributed by atoms with Crippen molar-refractivity contribution >= 4 is 44.8 Å². The first-order valence-electron chi connectivity index (χ1n) is 10.8. The van der Waals surface area contributed by atoms with Crippen molar-refractivity contribution in [3.63, 3.8) is 0 Å². The summed E-state index contributed by atoms with van der Waals surface area (Å²) >= 11 is 6.10. The van der Waals surface area contributed by atoms with E-state index in [0.717, 1.165) is 19.3 Å². The van der Waals surface area contributed by atoms with E-state index in [1.165, 1.54) is 24.3 Å². The zero-order chi connectivity index (χ0) is 25.2. The minimum absolute atomic E-state index is 0.190. The van der Waals surface area contributed by atoms with Gasteiger partial charge in [-0.15, -0.1) is 0 Å². The zero-order valence-corrected chi connectivity index (χ0v) is 20.8. The second-order valence-electron chi connectivity index (χ2n) is 8.32. The summed E-state index contributed by atoms with van der Waals surface area (Å²) in [5.74, 6) is -0.170. The Morgan fingerprint density at radius 1 is 1.03 bits per heavy atom. The van der Waals surface area contributed by atoms with Crippen LogP contribution in [0, 0.1) is 0 Å². The van der Waals surface area contributed by atoms with Crippen LogP contribution in [-0.2, 0) is 10.0 Å². The number of hydrogen-bond donors (Lipinski definition) is 2. The van der Waals surface area contributed by atoms with Crippen LogP contribution in [0.5, 0.6) is 0 Å².